The van der Waals surface area contributed by atoms with E-state index in [1.165, 1.54) is 6.07 Å². The van der Waals surface area contributed by atoms with Gasteiger partial charge in [0.05, 0.1) is 23.2 Å². The fourth-order valence-electron chi connectivity index (χ4n) is 4.20. The lowest BCUT2D eigenvalue weighted by Gasteiger charge is -2.33. The summed E-state index contributed by atoms with van der Waals surface area (Å²) in [4.78, 5) is 14.3. The fourth-order valence-corrected chi connectivity index (χ4v) is 4.20. The maximum atomic E-state index is 13.3. The molecule has 2 aromatic carbocycles. The zero-order valence-electron chi connectivity index (χ0n) is 16.0. The van der Waals surface area contributed by atoms with Gasteiger partial charge in [-0.25, -0.2) is 4.79 Å². The number of hydrogen-bond donors (Lipinski definition) is 0. The van der Waals surface area contributed by atoms with E-state index in [1.54, 1.807) is 17.0 Å². The van der Waals surface area contributed by atoms with Gasteiger partial charge in [0.2, 0.25) is 0 Å². The van der Waals surface area contributed by atoms with Gasteiger partial charge in [0.1, 0.15) is 6.61 Å². The first-order valence-electron chi connectivity index (χ1n) is 9.68. The Kier molecular flexibility index (Phi) is 5.25. The van der Waals surface area contributed by atoms with Crippen LogP contribution in [0.2, 0.25) is 0 Å². The zero-order valence-corrected chi connectivity index (χ0v) is 16.0. The summed E-state index contributed by atoms with van der Waals surface area (Å²) in [5, 5.41) is 8.98. The molecule has 0 saturated carbocycles. The number of ether oxygens (including phenoxy) is 1. The first-order chi connectivity index (χ1) is 14.4. The Hall–Kier alpha value is -3.27. The van der Waals surface area contributed by atoms with E-state index in [2.05, 4.69) is 0 Å². The monoisotopic (exact) mass is 412 g/mol. The van der Waals surface area contributed by atoms with E-state index in [4.69, 9.17) is 10.00 Å². The van der Waals surface area contributed by atoms with Crippen molar-refractivity contribution < 1.29 is 22.7 Å². The Morgan fingerprint density at radius 3 is 2.60 bits per heavy atom. The smallest absolute Gasteiger partial charge is 0.417 e. The van der Waals surface area contributed by atoms with Crippen molar-refractivity contribution in [3.05, 3.63) is 76.9 Å². The minimum Gasteiger partial charge on any atom is -0.445 e. The maximum Gasteiger partial charge on any atom is 0.417 e. The Morgan fingerprint density at radius 2 is 1.93 bits per heavy atom. The van der Waals surface area contributed by atoms with E-state index >= 15 is 0 Å². The molecule has 154 valence electrons. The molecule has 2 atom stereocenters. The predicted molar refractivity (Wildman–Crippen MR) is 104 cm³/mol. The zero-order chi connectivity index (χ0) is 21.3. The van der Waals surface area contributed by atoms with Crippen molar-refractivity contribution in [1.29, 1.82) is 5.26 Å². The van der Waals surface area contributed by atoms with Crippen LogP contribution in [0.5, 0.6) is 0 Å². The second-order valence-electron chi connectivity index (χ2n) is 7.51. The van der Waals surface area contributed by atoms with Crippen molar-refractivity contribution in [2.24, 2.45) is 0 Å². The molecule has 0 radical (unpaired) electrons. The highest BCUT2D eigenvalue weighted by Crippen LogP contribution is 2.41. The molecule has 2 aliphatic rings. The van der Waals surface area contributed by atoms with Crippen molar-refractivity contribution in [3.63, 3.8) is 0 Å². The number of halogens is 3. The lowest BCUT2D eigenvalue weighted by molar-refractivity contribution is -0.137. The molecule has 1 amide bonds. The largest absolute Gasteiger partial charge is 0.445 e. The lowest BCUT2D eigenvalue weighted by atomic mass is 9.92. The minimum atomic E-state index is -4.59. The molecule has 0 N–H and O–H groups in total. The Morgan fingerprint density at radius 1 is 1.17 bits per heavy atom. The van der Waals surface area contributed by atoms with E-state index in [0.717, 1.165) is 30.0 Å². The number of benzene rings is 2. The quantitative estimate of drug-likeness (QED) is 0.666. The number of alkyl halides is 3. The minimum absolute atomic E-state index is 0.108. The average molecular weight is 412 g/mol. The van der Waals surface area contributed by atoms with Gasteiger partial charge in [0, 0.05) is 6.04 Å². The third-order valence-electron chi connectivity index (χ3n) is 5.63. The van der Waals surface area contributed by atoms with Gasteiger partial charge in [0.15, 0.2) is 0 Å². The van der Waals surface area contributed by atoms with Crippen LogP contribution in [0.3, 0.4) is 0 Å². The molecule has 2 aliphatic heterocycles. The standard InChI is InChI=1S/C23H19F3N2O2/c24-23(25,26)21-12-16(6-7-17(21)13-27)18-10-19-8-9-20(11-18)28(19)22(29)30-14-15-4-2-1-3-5-15/h1-7,10,12,19-20H,8-9,11,14H2. The second kappa shape index (κ2) is 7.86. The van der Waals surface area contributed by atoms with Crippen LogP contribution in [0, 0.1) is 11.3 Å². The normalized spacial score (nSPS) is 20.5. The summed E-state index contributed by atoms with van der Waals surface area (Å²) >= 11 is 0. The van der Waals surface area contributed by atoms with Crippen LogP contribution in [0.1, 0.15) is 41.5 Å². The van der Waals surface area contributed by atoms with Crippen LogP contribution in [-0.4, -0.2) is 23.1 Å². The highest BCUT2D eigenvalue weighted by molar-refractivity contribution is 5.75. The Bertz CT molecular complexity index is 1020. The topological polar surface area (TPSA) is 53.3 Å². The van der Waals surface area contributed by atoms with Crippen molar-refractivity contribution in [3.8, 4) is 6.07 Å². The Balaban J connectivity index is 1.53. The number of hydrogen-bond acceptors (Lipinski definition) is 3. The molecule has 30 heavy (non-hydrogen) atoms. The van der Waals surface area contributed by atoms with Crippen LogP contribution in [0.15, 0.2) is 54.6 Å². The summed E-state index contributed by atoms with van der Waals surface area (Å²) in [7, 11) is 0. The van der Waals surface area contributed by atoms with E-state index in [0.29, 0.717) is 12.0 Å². The van der Waals surface area contributed by atoms with Gasteiger partial charge < -0.3 is 4.74 Å². The number of carbonyl (C=O) groups excluding carboxylic acids is 1. The van der Waals surface area contributed by atoms with Gasteiger partial charge in [-0.2, -0.15) is 18.4 Å². The van der Waals surface area contributed by atoms with Gasteiger partial charge in [-0.05, 0) is 48.1 Å². The summed E-state index contributed by atoms with van der Waals surface area (Å²) in [5.41, 5.74) is 0.779. The molecule has 0 aliphatic carbocycles. The van der Waals surface area contributed by atoms with Crippen LogP contribution in [0.4, 0.5) is 18.0 Å². The van der Waals surface area contributed by atoms with E-state index < -0.39 is 23.4 Å². The molecule has 7 heteroatoms. The third-order valence-corrected chi connectivity index (χ3v) is 5.63. The average Bonchev–Trinajstić information content (AvgIpc) is 3.01. The van der Waals surface area contributed by atoms with Gasteiger partial charge in [-0.1, -0.05) is 42.5 Å². The van der Waals surface area contributed by atoms with Crippen molar-refractivity contribution in [2.75, 3.05) is 0 Å². The molecule has 2 heterocycles. The lowest BCUT2D eigenvalue weighted by Crippen LogP contribution is -2.43. The number of fused-ring (bicyclic) bond motifs is 2. The van der Waals surface area contributed by atoms with Crippen LogP contribution in [0.25, 0.3) is 5.57 Å². The van der Waals surface area contributed by atoms with E-state index in [-0.39, 0.29) is 18.7 Å². The van der Waals surface area contributed by atoms with Crippen molar-refractivity contribution in [1.82, 2.24) is 4.90 Å². The first kappa shape index (κ1) is 20.0. The summed E-state index contributed by atoms with van der Waals surface area (Å²) in [6.07, 6.45) is -1.17. The molecule has 1 saturated heterocycles. The van der Waals surface area contributed by atoms with Crippen molar-refractivity contribution in [2.45, 2.75) is 44.1 Å². The summed E-state index contributed by atoms with van der Waals surface area (Å²) in [5.74, 6) is 0. The van der Waals surface area contributed by atoms with E-state index in [9.17, 15) is 18.0 Å². The first-order valence-corrected chi connectivity index (χ1v) is 9.68. The molecule has 2 bridgehead atoms. The summed E-state index contributed by atoms with van der Waals surface area (Å²) in [6, 6.07) is 14.5. The van der Waals surface area contributed by atoms with Crippen molar-refractivity contribution >= 4 is 11.7 Å². The fraction of sp³-hybridized carbons (Fsp3) is 0.304. The third kappa shape index (κ3) is 3.90. The molecule has 2 unspecified atom stereocenters. The summed E-state index contributed by atoms with van der Waals surface area (Å²) < 4.78 is 45.4. The SMILES string of the molecule is N#Cc1ccc(C2=CC3CCC(C2)N3C(=O)OCc2ccccc2)cc1C(F)(F)F. The number of nitriles is 1. The molecule has 0 spiro atoms. The number of nitrogens with zero attached hydrogens (tertiary/aromatic N) is 2. The number of carbonyl (C=O) groups is 1. The van der Waals surface area contributed by atoms with Crippen LogP contribution >= 0.6 is 0 Å². The maximum absolute atomic E-state index is 13.3. The van der Waals surface area contributed by atoms with Gasteiger partial charge in [-0.15, -0.1) is 0 Å². The van der Waals surface area contributed by atoms with Crippen LogP contribution < -0.4 is 0 Å². The second-order valence-corrected chi connectivity index (χ2v) is 7.51. The number of amides is 1. The van der Waals surface area contributed by atoms with E-state index in [1.807, 2.05) is 36.4 Å². The number of rotatable bonds is 3. The molecule has 2 aromatic rings. The highest BCUT2D eigenvalue weighted by Gasteiger charge is 2.41. The molecular formula is C23H19F3N2O2. The van der Waals surface area contributed by atoms with Gasteiger partial charge in [0.25, 0.3) is 0 Å². The highest BCUT2D eigenvalue weighted by atomic mass is 19.4. The molecular weight excluding hydrogens is 393 g/mol. The molecule has 4 nitrogen and oxygen atoms in total. The van der Waals surface area contributed by atoms with Crippen LogP contribution in [-0.2, 0) is 17.5 Å². The molecule has 1 fully saturated rings. The molecule has 4 rings (SSSR count). The predicted octanol–water partition coefficient (Wildman–Crippen LogP) is 5.53. The van der Waals surface area contributed by atoms with Gasteiger partial charge in [-0.3, -0.25) is 4.90 Å². The summed E-state index contributed by atoms with van der Waals surface area (Å²) in [6.45, 7) is 0.177. The van der Waals surface area contributed by atoms with Gasteiger partial charge >= 0.3 is 12.3 Å². The molecule has 0 aromatic heterocycles. The Labute approximate surface area is 172 Å².